The lowest BCUT2D eigenvalue weighted by molar-refractivity contribution is -0.138. The van der Waals surface area contributed by atoms with Gasteiger partial charge >= 0.3 is 5.97 Å². The van der Waals surface area contributed by atoms with Crippen molar-refractivity contribution >= 4 is 5.97 Å². The van der Waals surface area contributed by atoms with Crippen molar-refractivity contribution in [2.45, 2.75) is 44.9 Å². The van der Waals surface area contributed by atoms with Gasteiger partial charge in [-0.1, -0.05) is 38.2 Å². The normalized spacial score (nSPS) is 18.4. The van der Waals surface area contributed by atoms with E-state index in [0.717, 1.165) is 12.0 Å². The molecule has 0 aliphatic heterocycles. The van der Waals surface area contributed by atoms with Gasteiger partial charge in [-0.2, -0.15) is 0 Å². The number of rotatable bonds is 5. The second-order valence-corrected chi connectivity index (χ2v) is 5.32. The van der Waals surface area contributed by atoms with E-state index in [2.05, 4.69) is 4.98 Å². The fraction of sp³-hybridized carbons (Fsp3) is 0.600. The molecule has 1 N–H and O–H groups in total. The third-order valence-electron chi connectivity index (χ3n) is 3.97. The van der Waals surface area contributed by atoms with Gasteiger partial charge in [-0.3, -0.25) is 9.78 Å². The average molecular weight is 247 g/mol. The van der Waals surface area contributed by atoms with E-state index in [1.807, 2.05) is 18.3 Å². The van der Waals surface area contributed by atoms with Crippen LogP contribution in [0.15, 0.2) is 24.5 Å². The lowest BCUT2D eigenvalue weighted by atomic mass is 9.76. The van der Waals surface area contributed by atoms with Gasteiger partial charge in [0.1, 0.15) is 0 Å². The summed E-state index contributed by atoms with van der Waals surface area (Å²) in [5.74, 6) is 0.177. The molecule has 3 heteroatoms. The fourth-order valence-electron chi connectivity index (χ4n) is 3.06. The van der Waals surface area contributed by atoms with Crippen molar-refractivity contribution < 1.29 is 9.90 Å². The number of hydrogen-bond donors (Lipinski definition) is 1. The monoisotopic (exact) mass is 247 g/mol. The molecule has 1 aliphatic rings. The van der Waals surface area contributed by atoms with Gasteiger partial charge < -0.3 is 5.11 Å². The summed E-state index contributed by atoms with van der Waals surface area (Å²) in [6.45, 7) is 0. The number of carboxylic acid groups (broad SMARTS) is 1. The van der Waals surface area contributed by atoms with Crippen LogP contribution in [0, 0.1) is 11.8 Å². The molecule has 3 nitrogen and oxygen atoms in total. The summed E-state index contributed by atoms with van der Waals surface area (Å²) >= 11 is 0. The highest BCUT2D eigenvalue weighted by atomic mass is 16.4. The van der Waals surface area contributed by atoms with Crippen LogP contribution < -0.4 is 0 Å². The molecule has 0 aromatic carbocycles. The van der Waals surface area contributed by atoms with Crippen LogP contribution in [0.5, 0.6) is 0 Å². The van der Waals surface area contributed by atoms with Crippen molar-refractivity contribution in [3.05, 3.63) is 30.1 Å². The molecule has 1 aromatic heterocycles. The van der Waals surface area contributed by atoms with Crippen LogP contribution in [0.1, 0.15) is 44.1 Å². The third kappa shape index (κ3) is 3.83. The smallest absolute Gasteiger partial charge is 0.303 e. The molecule has 1 fully saturated rings. The van der Waals surface area contributed by atoms with Crippen LogP contribution in [0.3, 0.4) is 0 Å². The van der Waals surface area contributed by atoms with Crippen molar-refractivity contribution in [2.75, 3.05) is 0 Å². The highest BCUT2D eigenvalue weighted by Crippen LogP contribution is 2.33. The van der Waals surface area contributed by atoms with Gasteiger partial charge in [-0.25, -0.2) is 0 Å². The molecule has 0 radical (unpaired) electrons. The summed E-state index contributed by atoms with van der Waals surface area (Å²) in [6, 6.07) is 3.97. The minimum Gasteiger partial charge on any atom is -0.481 e. The molecule has 0 saturated heterocycles. The Bertz CT molecular complexity index is 371. The first kappa shape index (κ1) is 13.1. The Labute approximate surface area is 108 Å². The Balaban J connectivity index is 2.02. The fourth-order valence-corrected chi connectivity index (χ4v) is 3.06. The van der Waals surface area contributed by atoms with Gasteiger partial charge in [0.2, 0.25) is 0 Å². The average Bonchev–Trinajstić information content (AvgIpc) is 2.40. The Morgan fingerprint density at radius 3 is 2.78 bits per heavy atom. The first-order valence-corrected chi connectivity index (χ1v) is 6.86. The van der Waals surface area contributed by atoms with Crippen molar-refractivity contribution in [1.29, 1.82) is 0 Å². The van der Waals surface area contributed by atoms with Crippen LogP contribution in [0.2, 0.25) is 0 Å². The predicted octanol–water partition coefficient (Wildman–Crippen LogP) is 3.30. The Morgan fingerprint density at radius 2 is 2.17 bits per heavy atom. The minimum absolute atomic E-state index is 0.270. The molecule has 2 rings (SSSR count). The maximum atomic E-state index is 11.0. The largest absolute Gasteiger partial charge is 0.481 e. The standard InChI is InChI=1S/C15H21NO2/c17-15(18)10-14(13-6-2-1-3-7-13)9-12-5-4-8-16-11-12/h4-5,8,11,13-14H,1-3,6-7,9-10H2,(H,17,18). The molecule has 1 aromatic rings. The van der Waals surface area contributed by atoms with E-state index in [1.54, 1.807) is 6.20 Å². The van der Waals surface area contributed by atoms with Gasteiger partial charge in [-0.05, 0) is 29.9 Å². The molecule has 18 heavy (non-hydrogen) atoms. The van der Waals surface area contributed by atoms with Gasteiger partial charge in [0.15, 0.2) is 0 Å². The number of aliphatic carboxylic acids is 1. The first-order valence-electron chi connectivity index (χ1n) is 6.86. The van der Waals surface area contributed by atoms with Crippen LogP contribution in [0.25, 0.3) is 0 Å². The van der Waals surface area contributed by atoms with Crippen molar-refractivity contribution in [1.82, 2.24) is 4.98 Å². The van der Waals surface area contributed by atoms with Gasteiger partial charge in [-0.15, -0.1) is 0 Å². The summed E-state index contributed by atoms with van der Waals surface area (Å²) in [7, 11) is 0. The molecule has 1 atom stereocenters. The number of hydrogen-bond acceptors (Lipinski definition) is 2. The molecule has 1 saturated carbocycles. The summed E-state index contributed by atoms with van der Waals surface area (Å²) < 4.78 is 0. The zero-order valence-electron chi connectivity index (χ0n) is 10.7. The van der Waals surface area contributed by atoms with E-state index in [9.17, 15) is 4.79 Å². The second kappa shape index (κ2) is 6.53. The van der Waals surface area contributed by atoms with Crippen LogP contribution >= 0.6 is 0 Å². The molecule has 0 amide bonds. The van der Waals surface area contributed by atoms with E-state index in [4.69, 9.17) is 5.11 Å². The van der Waals surface area contributed by atoms with Crippen molar-refractivity contribution in [3.8, 4) is 0 Å². The lowest BCUT2D eigenvalue weighted by Gasteiger charge is -2.29. The Hall–Kier alpha value is -1.38. The highest BCUT2D eigenvalue weighted by molar-refractivity contribution is 5.67. The second-order valence-electron chi connectivity index (χ2n) is 5.32. The molecule has 1 unspecified atom stereocenters. The SMILES string of the molecule is O=C(O)CC(Cc1cccnc1)C1CCCCC1. The molecule has 0 bridgehead atoms. The lowest BCUT2D eigenvalue weighted by Crippen LogP contribution is -2.23. The van der Waals surface area contributed by atoms with Gasteiger partial charge in [0.05, 0.1) is 0 Å². The number of pyridine rings is 1. The zero-order chi connectivity index (χ0) is 12.8. The third-order valence-corrected chi connectivity index (χ3v) is 3.97. The van der Waals surface area contributed by atoms with E-state index >= 15 is 0 Å². The summed E-state index contributed by atoms with van der Waals surface area (Å²) in [5.41, 5.74) is 1.16. The van der Waals surface area contributed by atoms with Crippen LogP contribution in [-0.2, 0) is 11.2 Å². The van der Waals surface area contributed by atoms with E-state index in [1.165, 1.54) is 32.1 Å². The molecule has 1 heterocycles. The number of aromatic nitrogens is 1. The number of nitrogens with zero attached hydrogens (tertiary/aromatic N) is 1. The molecule has 0 spiro atoms. The number of carboxylic acids is 1. The molecule has 1 aliphatic carbocycles. The summed E-state index contributed by atoms with van der Waals surface area (Å²) in [6.07, 6.45) is 11.0. The number of carbonyl (C=O) groups is 1. The van der Waals surface area contributed by atoms with E-state index in [0.29, 0.717) is 12.3 Å². The van der Waals surface area contributed by atoms with Gasteiger partial charge in [0, 0.05) is 18.8 Å². The Kier molecular flexibility index (Phi) is 4.73. The quantitative estimate of drug-likeness (QED) is 0.868. The molecular formula is C15H21NO2. The van der Waals surface area contributed by atoms with Crippen LogP contribution in [0.4, 0.5) is 0 Å². The maximum absolute atomic E-state index is 11.0. The van der Waals surface area contributed by atoms with Gasteiger partial charge in [0.25, 0.3) is 0 Å². The Morgan fingerprint density at radius 1 is 1.39 bits per heavy atom. The van der Waals surface area contributed by atoms with Crippen LogP contribution in [-0.4, -0.2) is 16.1 Å². The summed E-state index contributed by atoms with van der Waals surface area (Å²) in [5, 5.41) is 9.08. The van der Waals surface area contributed by atoms with E-state index < -0.39 is 5.97 Å². The summed E-state index contributed by atoms with van der Waals surface area (Å²) in [4.78, 5) is 15.1. The topological polar surface area (TPSA) is 50.2 Å². The predicted molar refractivity (Wildman–Crippen MR) is 70.3 cm³/mol. The molecule has 98 valence electrons. The maximum Gasteiger partial charge on any atom is 0.303 e. The first-order chi connectivity index (χ1) is 8.75. The van der Waals surface area contributed by atoms with Crippen molar-refractivity contribution in [3.63, 3.8) is 0 Å². The zero-order valence-corrected chi connectivity index (χ0v) is 10.7. The highest BCUT2D eigenvalue weighted by Gasteiger charge is 2.25. The van der Waals surface area contributed by atoms with E-state index in [-0.39, 0.29) is 5.92 Å². The minimum atomic E-state index is -0.672. The molecular weight excluding hydrogens is 226 g/mol. The van der Waals surface area contributed by atoms with Crippen molar-refractivity contribution in [2.24, 2.45) is 11.8 Å².